The van der Waals surface area contributed by atoms with Crippen LogP contribution in [0.25, 0.3) is 0 Å². The van der Waals surface area contributed by atoms with E-state index in [9.17, 15) is 14.0 Å². The summed E-state index contributed by atoms with van der Waals surface area (Å²) in [6.07, 6.45) is 3.27. The average Bonchev–Trinajstić information content (AvgIpc) is 2.87. The van der Waals surface area contributed by atoms with Gasteiger partial charge < -0.3 is 23.8 Å². The molecular weight excluding hydrogens is 491 g/mol. The van der Waals surface area contributed by atoms with Gasteiger partial charge in [0.1, 0.15) is 23.2 Å². The van der Waals surface area contributed by atoms with Crippen LogP contribution in [0.5, 0.6) is 5.75 Å². The molecule has 8 nitrogen and oxygen atoms in total. The number of ketones is 1. The maximum Gasteiger partial charge on any atom is 0.411 e. The average molecular weight is 525 g/mol. The molecular formula is C29H33FN2O6. The first-order valence-electron chi connectivity index (χ1n) is 12.3. The highest BCUT2D eigenvalue weighted by molar-refractivity contribution is 6.09. The summed E-state index contributed by atoms with van der Waals surface area (Å²) >= 11 is 0. The van der Waals surface area contributed by atoms with Gasteiger partial charge in [-0.3, -0.25) is 10.1 Å². The zero-order chi connectivity index (χ0) is 27.7. The second-order valence-corrected chi connectivity index (χ2v) is 10.2. The van der Waals surface area contributed by atoms with Crippen molar-refractivity contribution in [3.8, 4) is 5.75 Å². The number of allylic oxidation sites excluding steroid dienone is 1. The van der Waals surface area contributed by atoms with E-state index in [4.69, 9.17) is 18.9 Å². The minimum atomic E-state index is -1.27. The minimum absolute atomic E-state index is 0.243. The molecule has 1 amide bonds. The molecule has 4 rings (SSSR count). The van der Waals surface area contributed by atoms with Crippen molar-refractivity contribution in [3.63, 3.8) is 0 Å². The lowest BCUT2D eigenvalue weighted by molar-refractivity contribution is -0.242. The van der Waals surface area contributed by atoms with E-state index in [1.165, 1.54) is 38.5 Å². The number of nitrogens with one attached hydrogen (secondary N) is 1. The van der Waals surface area contributed by atoms with Crippen molar-refractivity contribution in [3.05, 3.63) is 83.5 Å². The van der Waals surface area contributed by atoms with Crippen molar-refractivity contribution in [2.24, 2.45) is 5.92 Å². The molecule has 2 aromatic carbocycles. The molecule has 2 aromatic rings. The van der Waals surface area contributed by atoms with E-state index in [1.807, 2.05) is 35.2 Å². The number of ether oxygens (including phenoxy) is 4. The first kappa shape index (κ1) is 27.3. The summed E-state index contributed by atoms with van der Waals surface area (Å²) in [5.41, 5.74) is 1.34. The maximum atomic E-state index is 13.8. The van der Waals surface area contributed by atoms with E-state index in [0.29, 0.717) is 22.6 Å². The number of methoxy groups -OCH3 is 3. The SMILES string of the molecule is COc1ccc(N2C=C(C(=O)c3ccc(F)cc3)[C@H]3CC(NC(=O)OC(C)(C)C)=C[C@@H]2C3(OC)OC)cc1. The van der Waals surface area contributed by atoms with Crippen molar-refractivity contribution in [1.82, 2.24) is 5.32 Å². The van der Waals surface area contributed by atoms with Gasteiger partial charge in [-0.1, -0.05) is 0 Å². The van der Waals surface area contributed by atoms with E-state index < -0.39 is 35.3 Å². The topological polar surface area (TPSA) is 86.3 Å². The standard InChI is InChI=1S/C29H33FN2O6/c1-28(2,3)38-27(34)31-20-15-24-23(26(33)18-7-9-19(30)10-8-18)17-32(21-11-13-22(35-4)14-12-21)25(16-20)29(24,36-5)37-6/h7-14,16-17,24-25H,15H2,1-6H3,(H,31,34)/t24-,25-/m1/s1. The molecule has 0 unspecified atom stereocenters. The second-order valence-electron chi connectivity index (χ2n) is 10.2. The Morgan fingerprint density at radius 1 is 1.00 bits per heavy atom. The molecule has 0 fully saturated rings. The highest BCUT2D eigenvalue weighted by Crippen LogP contribution is 2.48. The Morgan fingerprint density at radius 2 is 1.63 bits per heavy atom. The summed E-state index contributed by atoms with van der Waals surface area (Å²) in [6, 6.07) is 12.2. The number of rotatable bonds is 7. The summed E-state index contributed by atoms with van der Waals surface area (Å²) in [7, 11) is 4.64. The van der Waals surface area contributed by atoms with E-state index >= 15 is 0 Å². The molecule has 0 aromatic heterocycles. The summed E-state index contributed by atoms with van der Waals surface area (Å²) < 4.78 is 36.4. The van der Waals surface area contributed by atoms with E-state index in [-0.39, 0.29) is 12.2 Å². The number of nitrogens with zero attached hydrogens (tertiary/aromatic N) is 1. The summed E-state index contributed by atoms with van der Waals surface area (Å²) in [6.45, 7) is 5.35. The molecule has 2 atom stereocenters. The number of amides is 1. The molecule has 1 aliphatic carbocycles. The van der Waals surface area contributed by atoms with Crippen LogP contribution in [0.3, 0.4) is 0 Å². The number of anilines is 1. The van der Waals surface area contributed by atoms with Gasteiger partial charge in [0.15, 0.2) is 11.6 Å². The normalized spacial score (nSPS) is 20.2. The fraction of sp³-hybridized carbons (Fsp3) is 0.379. The number of hydrogen-bond donors (Lipinski definition) is 1. The Morgan fingerprint density at radius 3 is 2.18 bits per heavy atom. The van der Waals surface area contributed by atoms with Crippen LogP contribution in [0.4, 0.5) is 14.9 Å². The number of Topliss-reactive ketones (excluding diaryl/α,β-unsaturated/α-hetero) is 1. The van der Waals surface area contributed by atoms with Gasteiger partial charge in [-0.05, 0) is 81.8 Å². The molecule has 38 heavy (non-hydrogen) atoms. The largest absolute Gasteiger partial charge is 0.497 e. The molecule has 1 N–H and O–H groups in total. The molecule has 0 spiro atoms. The molecule has 1 aliphatic heterocycles. The number of halogens is 1. The van der Waals surface area contributed by atoms with Crippen LogP contribution in [0, 0.1) is 11.7 Å². The van der Waals surface area contributed by atoms with E-state index in [1.54, 1.807) is 34.1 Å². The quantitative estimate of drug-likeness (QED) is 0.393. The fourth-order valence-electron chi connectivity index (χ4n) is 4.98. The van der Waals surface area contributed by atoms with Crippen LogP contribution in [0.1, 0.15) is 37.6 Å². The summed E-state index contributed by atoms with van der Waals surface area (Å²) in [4.78, 5) is 28.4. The Balaban J connectivity index is 1.84. The fourth-order valence-corrected chi connectivity index (χ4v) is 4.98. The van der Waals surface area contributed by atoms with Crippen LogP contribution in [-0.2, 0) is 14.2 Å². The van der Waals surface area contributed by atoms with Gasteiger partial charge in [0.25, 0.3) is 0 Å². The van der Waals surface area contributed by atoms with Gasteiger partial charge in [-0.2, -0.15) is 0 Å². The monoisotopic (exact) mass is 524 g/mol. The zero-order valence-electron chi connectivity index (χ0n) is 22.4. The Bertz CT molecular complexity index is 1240. The minimum Gasteiger partial charge on any atom is -0.497 e. The van der Waals surface area contributed by atoms with Crippen LogP contribution in [0.2, 0.25) is 0 Å². The third-order valence-corrected chi connectivity index (χ3v) is 6.67. The number of carbonyl (C=O) groups is 2. The predicted octanol–water partition coefficient (Wildman–Crippen LogP) is 5.21. The van der Waals surface area contributed by atoms with Crippen molar-refractivity contribution in [2.45, 2.75) is 44.6 Å². The Kier molecular flexibility index (Phi) is 7.62. The van der Waals surface area contributed by atoms with Gasteiger partial charge in [-0.25, -0.2) is 9.18 Å². The van der Waals surface area contributed by atoms with E-state index in [2.05, 4.69) is 5.32 Å². The highest BCUT2D eigenvalue weighted by atomic mass is 19.1. The van der Waals surface area contributed by atoms with Crippen LogP contribution >= 0.6 is 0 Å². The molecule has 0 radical (unpaired) electrons. The lowest BCUT2D eigenvalue weighted by atomic mass is 9.72. The summed E-state index contributed by atoms with van der Waals surface area (Å²) in [5.74, 6) is -1.93. The third-order valence-electron chi connectivity index (χ3n) is 6.67. The van der Waals surface area contributed by atoms with Gasteiger partial charge in [0.2, 0.25) is 0 Å². The second kappa shape index (κ2) is 10.6. The van der Waals surface area contributed by atoms with Gasteiger partial charge in [-0.15, -0.1) is 0 Å². The lowest BCUT2D eigenvalue weighted by Gasteiger charge is -2.53. The molecule has 1 heterocycles. The van der Waals surface area contributed by atoms with Gasteiger partial charge in [0.05, 0.1) is 13.0 Å². The molecule has 202 valence electrons. The maximum absolute atomic E-state index is 13.8. The smallest absolute Gasteiger partial charge is 0.411 e. The highest BCUT2D eigenvalue weighted by Gasteiger charge is 2.56. The molecule has 9 heteroatoms. The Labute approximate surface area is 222 Å². The van der Waals surface area contributed by atoms with Crippen LogP contribution in [-0.4, -0.2) is 50.6 Å². The van der Waals surface area contributed by atoms with E-state index in [0.717, 1.165) is 5.69 Å². The zero-order valence-corrected chi connectivity index (χ0v) is 22.4. The first-order chi connectivity index (χ1) is 18.0. The number of fused-ring (bicyclic) bond motifs is 2. The van der Waals surface area contributed by atoms with Gasteiger partial charge in [0, 0.05) is 42.9 Å². The molecule has 0 saturated heterocycles. The van der Waals surface area contributed by atoms with Crippen molar-refractivity contribution >= 4 is 17.6 Å². The number of hydrogen-bond acceptors (Lipinski definition) is 7. The van der Waals surface area contributed by atoms with Crippen LogP contribution in [0.15, 0.2) is 72.1 Å². The van der Waals surface area contributed by atoms with Crippen molar-refractivity contribution in [2.75, 3.05) is 26.2 Å². The molecule has 2 aliphatic rings. The first-order valence-corrected chi connectivity index (χ1v) is 12.3. The van der Waals surface area contributed by atoms with Crippen LogP contribution < -0.4 is 15.0 Å². The van der Waals surface area contributed by atoms with Crippen molar-refractivity contribution in [1.29, 1.82) is 0 Å². The number of carbonyl (C=O) groups excluding carboxylic acids is 2. The molecule has 0 saturated carbocycles. The van der Waals surface area contributed by atoms with Gasteiger partial charge >= 0.3 is 6.09 Å². The molecule has 2 bridgehead atoms. The summed E-state index contributed by atoms with van der Waals surface area (Å²) in [5, 5.41) is 2.84. The lowest BCUT2D eigenvalue weighted by Crippen LogP contribution is -2.63. The Hall–Kier alpha value is -3.69. The van der Waals surface area contributed by atoms with Crippen molar-refractivity contribution < 1.29 is 32.9 Å². The number of alkyl carbamates (subject to hydrolysis) is 1. The number of benzene rings is 2. The third kappa shape index (κ3) is 5.30. The predicted molar refractivity (Wildman–Crippen MR) is 140 cm³/mol.